The van der Waals surface area contributed by atoms with Crippen LogP contribution in [0.3, 0.4) is 0 Å². The van der Waals surface area contributed by atoms with Gasteiger partial charge in [0.15, 0.2) is 0 Å². The topological polar surface area (TPSA) is 124 Å². The summed E-state index contributed by atoms with van der Waals surface area (Å²) in [5, 5.41) is 0.676. The molecule has 7 heteroatoms. The number of nitrogen functional groups attached to an aromatic ring is 2. The van der Waals surface area contributed by atoms with Crippen LogP contribution < -0.4 is 11.5 Å². The quantitative estimate of drug-likeness (QED) is 0.622. The van der Waals surface area contributed by atoms with Gasteiger partial charge in [-0.25, -0.2) is 4.98 Å². The number of nitrogens with zero attached hydrogens (tertiary/aromatic N) is 3. The molecule has 0 amide bonds. The Balaban J connectivity index is 2.25. The number of fused-ring (bicyclic) bond motifs is 1. The third-order valence-corrected chi connectivity index (χ3v) is 3.59. The molecule has 3 rings (SSSR count). The third kappa shape index (κ3) is 2.61. The number of carbonyl (C=O) groups excluding carboxylic acids is 1. The first kappa shape index (κ1) is 15.0. The highest BCUT2D eigenvalue weighted by atomic mass is 16.1. The maximum atomic E-state index is 12.8. The molecule has 0 bridgehead atoms. The highest BCUT2D eigenvalue weighted by molar-refractivity contribution is 6.14. The predicted molar refractivity (Wildman–Crippen MR) is 89.1 cm³/mol. The van der Waals surface area contributed by atoms with Gasteiger partial charge in [0, 0.05) is 6.20 Å². The van der Waals surface area contributed by atoms with Crippen LogP contribution in [0.4, 0.5) is 11.6 Å². The highest BCUT2D eigenvalue weighted by Gasteiger charge is 2.26. The molecule has 3 aromatic rings. The fourth-order valence-corrected chi connectivity index (χ4v) is 2.47. The van der Waals surface area contributed by atoms with Crippen molar-refractivity contribution in [2.45, 2.75) is 26.2 Å². The van der Waals surface area contributed by atoms with E-state index in [0.29, 0.717) is 16.7 Å². The van der Waals surface area contributed by atoms with Crippen molar-refractivity contribution in [1.29, 1.82) is 0 Å². The molecule has 0 atom stereocenters. The van der Waals surface area contributed by atoms with E-state index < -0.39 is 0 Å². The van der Waals surface area contributed by atoms with Gasteiger partial charge in [0.2, 0.25) is 11.7 Å². The molecule has 3 heterocycles. The number of anilines is 2. The summed E-state index contributed by atoms with van der Waals surface area (Å²) >= 11 is 0. The number of nitrogens with two attached hydrogens (primary N) is 2. The zero-order valence-corrected chi connectivity index (χ0v) is 13.2. The Bertz CT molecular complexity index is 889. The van der Waals surface area contributed by atoms with Gasteiger partial charge in [-0.05, 0) is 23.1 Å². The molecule has 5 N–H and O–H groups in total. The number of H-pyrrole nitrogens is 1. The molecule has 0 saturated heterocycles. The number of nitrogens with one attached hydrogen (secondary N) is 1. The second kappa shape index (κ2) is 5.05. The zero-order chi connectivity index (χ0) is 16.8. The first-order valence-corrected chi connectivity index (χ1v) is 7.18. The summed E-state index contributed by atoms with van der Waals surface area (Å²) in [5.74, 6) is -0.271. The Labute approximate surface area is 133 Å². The lowest BCUT2D eigenvalue weighted by atomic mass is 9.86. The molecule has 0 radical (unpaired) electrons. The maximum Gasteiger partial charge on any atom is 0.230 e. The lowest BCUT2D eigenvalue weighted by Gasteiger charge is -2.18. The number of hydrogen-bond donors (Lipinski definition) is 3. The third-order valence-electron chi connectivity index (χ3n) is 3.59. The summed E-state index contributed by atoms with van der Waals surface area (Å²) in [7, 11) is 0. The van der Waals surface area contributed by atoms with Crippen molar-refractivity contribution >= 4 is 28.5 Å². The number of aromatic amines is 1. The first-order chi connectivity index (χ1) is 10.8. The van der Waals surface area contributed by atoms with E-state index in [9.17, 15) is 4.79 Å². The molecule has 118 valence electrons. The van der Waals surface area contributed by atoms with Crippen LogP contribution in [0.2, 0.25) is 0 Å². The summed E-state index contributed by atoms with van der Waals surface area (Å²) in [4.78, 5) is 28.3. The van der Waals surface area contributed by atoms with Crippen LogP contribution in [-0.2, 0) is 5.41 Å². The molecule has 23 heavy (non-hydrogen) atoms. The van der Waals surface area contributed by atoms with E-state index in [1.54, 1.807) is 12.1 Å². The Morgan fingerprint density at radius 1 is 1.17 bits per heavy atom. The molecule has 0 aliphatic carbocycles. The van der Waals surface area contributed by atoms with Crippen molar-refractivity contribution in [3.63, 3.8) is 0 Å². The zero-order valence-electron chi connectivity index (χ0n) is 13.2. The van der Waals surface area contributed by atoms with Gasteiger partial charge in [0.25, 0.3) is 0 Å². The van der Waals surface area contributed by atoms with Gasteiger partial charge in [0.1, 0.15) is 17.0 Å². The van der Waals surface area contributed by atoms with E-state index in [1.807, 2.05) is 6.20 Å². The first-order valence-electron chi connectivity index (χ1n) is 7.18. The van der Waals surface area contributed by atoms with Gasteiger partial charge in [-0.2, -0.15) is 4.98 Å². The van der Waals surface area contributed by atoms with Crippen LogP contribution in [0.1, 0.15) is 42.5 Å². The largest absolute Gasteiger partial charge is 0.397 e. The van der Waals surface area contributed by atoms with Crippen molar-refractivity contribution in [2.24, 2.45) is 0 Å². The van der Waals surface area contributed by atoms with E-state index in [-0.39, 0.29) is 28.5 Å². The van der Waals surface area contributed by atoms with Crippen LogP contribution in [-0.4, -0.2) is 25.7 Å². The Morgan fingerprint density at radius 3 is 2.52 bits per heavy atom. The predicted octanol–water partition coefficient (Wildman–Crippen LogP) is 2.05. The summed E-state index contributed by atoms with van der Waals surface area (Å²) in [6.45, 7) is 6.17. The number of ketones is 1. The van der Waals surface area contributed by atoms with Crippen LogP contribution in [0.15, 0.2) is 24.5 Å². The highest BCUT2D eigenvalue weighted by Crippen LogP contribution is 2.32. The average molecular weight is 310 g/mol. The van der Waals surface area contributed by atoms with Crippen molar-refractivity contribution < 1.29 is 4.79 Å². The van der Waals surface area contributed by atoms with Crippen molar-refractivity contribution in [1.82, 2.24) is 19.9 Å². The van der Waals surface area contributed by atoms with E-state index >= 15 is 0 Å². The van der Waals surface area contributed by atoms with E-state index in [1.165, 1.54) is 6.20 Å². The summed E-state index contributed by atoms with van der Waals surface area (Å²) in [6, 6.07) is 3.20. The van der Waals surface area contributed by atoms with Crippen LogP contribution >= 0.6 is 0 Å². The minimum Gasteiger partial charge on any atom is -0.397 e. The van der Waals surface area contributed by atoms with Gasteiger partial charge in [0.05, 0.1) is 17.3 Å². The number of aromatic nitrogens is 4. The molecule has 0 unspecified atom stereocenters. The second-order valence-corrected chi connectivity index (χ2v) is 6.41. The van der Waals surface area contributed by atoms with Gasteiger partial charge < -0.3 is 16.5 Å². The van der Waals surface area contributed by atoms with E-state index in [2.05, 4.69) is 40.7 Å². The maximum absolute atomic E-state index is 12.8. The number of carbonyl (C=O) groups is 1. The van der Waals surface area contributed by atoms with Crippen LogP contribution in [0, 0.1) is 0 Å². The minimum absolute atomic E-state index is 0.0404. The Kier molecular flexibility index (Phi) is 3.28. The fraction of sp³-hybridized carbons (Fsp3) is 0.250. The SMILES string of the molecule is CC(C)(C)c1c[nH]c2nc(N)nc(C(=O)c3ccc(N)cn3)c12. The smallest absolute Gasteiger partial charge is 0.230 e. The van der Waals surface area contributed by atoms with Crippen molar-refractivity contribution in [2.75, 3.05) is 11.5 Å². The Morgan fingerprint density at radius 2 is 1.91 bits per heavy atom. The van der Waals surface area contributed by atoms with Gasteiger partial charge in [-0.3, -0.25) is 9.78 Å². The van der Waals surface area contributed by atoms with Gasteiger partial charge in [-0.1, -0.05) is 20.8 Å². The Hall–Kier alpha value is -2.96. The summed E-state index contributed by atoms with van der Waals surface area (Å²) in [6.07, 6.45) is 3.28. The molecule has 0 spiro atoms. The van der Waals surface area contributed by atoms with Crippen molar-refractivity contribution in [3.05, 3.63) is 41.5 Å². The van der Waals surface area contributed by atoms with Crippen LogP contribution in [0.5, 0.6) is 0 Å². The molecule has 0 fully saturated rings. The molecular formula is C16H18N6O. The van der Waals surface area contributed by atoms with Gasteiger partial charge in [-0.15, -0.1) is 0 Å². The molecule has 7 nitrogen and oxygen atoms in total. The lowest BCUT2D eigenvalue weighted by molar-refractivity contribution is 0.103. The molecular weight excluding hydrogens is 292 g/mol. The molecule has 3 aromatic heterocycles. The molecule has 0 aliphatic rings. The average Bonchev–Trinajstić information content (AvgIpc) is 2.90. The lowest BCUT2D eigenvalue weighted by Crippen LogP contribution is -2.14. The minimum atomic E-state index is -0.311. The molecule has 0 aliphatic heterocycles. The fourth-order valence-electron chi connectivity index (χ4n) is 2.47. The van der Waals surface area contributed by atoms with E-state index in [0.717, 1.165) is 5.56 Å². The summed E-state index contributed by atoms with van der Waals surface area (Å²) < 4.78 is 0. The number of rotatable bonds is 2. The number of hydrogen-bond acceptors (Lipinski definition) is 6. The summed E-state index contributed by atoms with van der Waals surface area (Å²) in [5.41, 5.74) is 13.7. The second-order valence-electron chi connectivity index (χ2n) is 6.41. The monoisotopic (exact) mass is 310 g/mol. The van der Waals surface area contributed by atoms with Crippen LogP contribution in [0.25, 0.3) is 11.0 Å². The van der Waals surface area contributed by atoms with Gasteiger partial charge >= 0.3 is 0 Å². The van der Waals surface area contributed by atoms with Crippen molar-refractivity contribution in [3.8, 4) is 0 Å². The molecule has 0 aromatic carbocycles. The number of pyridine rings is 1. The van der Waals surface area contributed by atoms with E-state index in [4.69, 9.17) is 11.5 Å². The standard InChI is InChI=1S/C16H18N6O/c1-16(2,3)9-7-20-14-11(9)12(21-15(18)22-14)13(23)10-5-4-8(17)6-19-10/h4-7H,17H2,1-3H3,(H3,18,20,21,22). The molecule has 0 saturated carbocycles. The normalized spacial score (nSPS) is 11.8.